The number of benzene rings is 1. The molecule has 1 aromatic heterocycles. The van der Waals surface area contributed by atoms with Crippen LogP contribution in [0.5, 0.6) is 5.75 Å². The van der Waals surface area contributed by atoms with E-state index in [9.17, 15) is 22.0 Å². The number of alkyl halides is 5. The van der Waals surface area contributed by atoms with E-state index in [1.165, 1.54) is 6.07 Å². The van der Waals surface area contributed by atoms with Crippen LogP contribution in [0, 0.1) is 0 Å². The molecule has 92 valence electrons. The number of halogens is 5. The van der Waals surface area contributed by atoms with Crippen molar-refractivity contribution in [1.82, 2.24) is 10.2 Å². The smallest absolute Gasteiger partial charge is 0.406 e. The van der Waals surface area contributed by atoms with Crippen molar-refractivity contribution in [2.24, 2.45) is 0 Å². The zero-order chi connectivity index (χ0) is 12.6. The summed E-state index contributed by atoms with van der Waals surface area (Å²) >= 11 is 0. The number of aromatic nitrogens is 2. The number of H-pyrrole nitrogens is 1. The van der Waals surface area contributed by atoms with Crippen LogP contribution in [0.2, 0.25) is 0 Å². The molecule has 3 nitrogen and oxygen atoms in total. The van der Waals surface area contributed by atoms with Gasteiger partial charge >= 0.3 is 6.36 Å². The van der Waals surface area contributed by atoms with E-state index in [0.717, 1.165) is 12.1 Å². The maximum Gasteiger partial charge on any atom is 0.573 e. The van der Waals surface area contributed by atoms with Crippen molar-refractivity contribution in [2.75, 3.05) is 0 Å². The quantitative estimate of drug-likeness (QED) is 0.832. The lowest BCUT2D eigenvalue weighted by Crippen LogP contribution is -2.16. The van der Waals surface area contributed by atoms with E-state index < -0.39 is 24.2 Å². The maximum absolute atomic E-state index is 12.5. The van der Waals surface area contributed by atoms with Crippen LogP contribution >= 0.6 is 0 Å². The second-order valence-electron chi connectivity index (χ2n) is 3.16. The minimum absolute atomic E-state index is 0.0956. The Morgan fingerprint density at radius 2 is 1.94 bits per heavy atom. The molecular weight excluding hydrogens is 247 g/mol. The second kappa shape index (κ2) is 3.86. The Morgan fingerprint density at radius 3 is 2.53 bits per heavy atom. The topological polar surface area (TPSA) is 37.9 Å². The molecule has 8 heteroatoms. The molecule has 0 aliphatic rings. The van der Waals surface area contributed by atoms with Crippen LogP contribution in [0.25, 0.3) is 10.9 Å². The van der Waals surface area contributed by atoms with E-state index in [-0.39, 0.29) is 10.9 Å². The van der Waals surface area contributed by atoms with Gasteiger partial charge in [-0.05, 0) is 18.2 Å². The summed E-state index contributed by atoms with van der Waals surface area (Å²) in [6, 6.07) is 3.04. The van der Waals surface area contributed by atoms with E-state index in [1.807, 2.05) is 0 Å². The molecule has 0 fully saturated rings. The van der Waals surface area contributed by atoms with E-state index in [0.29, 0.717) is 0 Å². The van der Waals surface area contributed by atoms with Crippen molar-refractivity contribution >= 4 is 10.9 Å². The molecule has 0 radical (unpaired) electrons. The summed E-state index contributed by atoms with van der Waals surface area (Å²) in [4.78, 5) is 0. The van der Waals surface area contributed by atoms with E-state index in [2.05, 4.69) is 14.9 Å². The Bertz CT molecular complexity index is 534. The highest BCUT2D eigenvalue weighted by molar-refractivity contribution is 5.83. The zero-order valence-electron chi connectivity index (χ0n) is 8.05. The zero-order valence-corrected chi connectivity index (χ0v) is 8.05. The third-order valence-corrected chi connectivity index (χ3v) is 2.01. The molecule has 0 saturated carbocycles. The van der Waals surface area contributed by atoms with Crippen LogP contribution in [0.3, 0.4) is 0 Å². The molecule has 2 rings (SSSR count). The third-order valence-electron chi connectivity index (χ3n) is 2.01. The molecule has 0 amide bonds. The molecular formula is C9H5F5N2O. The van der Waals surface area contributed by atoms with Crippen LogP contribution in [-0.4, -0.2) is 16.6 Å². The molecule has 0 bridgehead atoms. The molecule has 0 aliphatic carbocycles. The Labute approximate surface area is 91.2 Å². The molecule has 1 heterocycles. The maximum atomic E-state index is 12.5. The minimum atomic E-state index is -4.86. The van der Waals surface area contributed by atoms with Gasteiger partial charge in [-0.3, -0.25) is 5.10 Å². The van der Waals surface area contributed by atoms with Crippen LogP contribution < -0.4 is 4.74 Å². The van der Waals surface area contributed by atoms with Crippen molar-refractivity contribution < 1.29 is 26.7 Å². The molecule has 0 atom stereocenters. The fourth-order valence-electron chi connectivity index (χ4n) is 1.37. The molecule has 1 aromatic carbocycles. The molecule has 0 saturated heterocycles. The second-order valence-corrected chi connectivity index (χ2v) is 3.16. The predicted octanol–water partition coefficient (Wildman–Crippen LogP) is 3.40. The summed E-state index contributed by atoms with van der Waals surface area (Å²) in [6.07, 6.45) is -7.70. The van der Waals surface area contributed by atoms with Gasteiger partial charge in [0, 0.05) is 5.39 Å². The molecule has 0 spiro atoms. The van der Waals surface area contributed by atoms with Gasteiger partial charge in [0.1, 0.15) is 11.4 Å². The Balaban J connectivity index is 2.44. The summed E-state index contributed by atoms with van der Waals surface area (Å²) in [7, 11) is 0. The first-order valence-electron chi connectivity index (χ1n) is 4.39. The number of hydrogen-bond acceptors (Lipinski definition) is 2. The normalized spacial score (nSPS) is 12.4. The third kappa shape index (κ3) is 2.45. The minimum Gasteiger partial charge on any atom is -0.406 e. The number of nitrogens with one attached hydrogen (secondary N) is 1. The average Bonchev–Trinajstić information content (AvgIpc) is 2.57. The molecule has 0 unspecified atom stereocenters. The summed E-state index contributed by atoms with van der Waals surface area (Å²) in [5, 5.41) is 5.51. The summed E-state index contributed by atoms with van der Waals surface area (Å²) in [5.74, 6) is -0.562. The number of hydrogen-bond donors (Lipinski definition) is 1. The van der Waals surface area contributed by atoms with Gasteiger partial charge in [0.15, 0.2) is 0 Å². The van der Waals surface area contributed by atoms with Gasteiger partial charge in [0.2, 0.25) is 0 Å². The van der Waals surface area contributed by atoms with Crippen LogP contribution in [0.15, 0.2) is 18.2 Å². The van der Waals surface area contributed by atoms with Crippen LogP contribution in [0.1, 0.15) is 12.1 Å². The molecule has 0 aliphatic heterocycles. The summed E-state index contributed by atoms with van der Waals surface area (Å²) < 4.78 is 64.4. The van der Waals surface area contributed by atoms with Crippen molar-refractivity contribution in [2.45, 2.75) is 12.8 Å². The van der Waals surface area contributed by atoms with Gasteiger partial charge in [0.05, 0.1) is 5.52 Å². The monoisotopic (exact) mass is 252 g/mol. The summed E-state index contributed by atoms with van der Waals surface area (Å²) in [5.41, 5.74) is -0.387. The number of aromatic amines is 1. The number of ether oxygens (including phenoxy) is 1. The first-order valence-corrected chi connectivity index (χ1v) is 4.39. The average molecular weight is 252 g/mol. The van der Waals surface area contributed by atoms with Gasteiger partial charge < -0.3 is 4.74 Å². The molecule has 2 aromatic rings. The lowest BCUT2D eigenvalue weighted by atomic mass is 10.2. The highest BCUT2D eigenvalue weighted by atomic mass is 19.4. The van der Waals surface area contributed by atoms with E-state index >= 15 is 0 Å². The SMILES string of the molecule is FC(F)c1[nH]nc2ccc(OC(F)(F)F)cc12. The Morgan fingerprint density at radius 1 is 1.24 bits per heavy atom. The van der Waals surface area contributed by atoms with Gasteiger partial charge in [-0.15, -0.1) is 13.2 Å². The fourth-order valence-corrected chi connectivity index (χ4v) is 1.37. The van der Waals surface area contributed by atoms with Crippen molar-refractivity contribution in [1.29, 1.82) is 0 Å². The van der Waals surface area contributed by atoms with Crippen LogP contribution in [-0.2, 0) is 0 Å². The predicted molar refractivity (Wildman–Crippen MR) is 47.7 cm³/mol. The Hall–Kier alpha value is -1.86. The van der Waals surface area contributed by atoms with Crippen molar-refractivity contribution in [3.05, 3.63) is 23.9 Å². The van der Waals surface area contributed by atoms with Gasteiger partial charge in [-0.2, -0.15) is 5.10 Å². The van der Waals surface area contributed by atoms with Gasteiger partial charge in [-0.25, -0.2) is 8.78 Å². The number of fused-ring (bicyclic) bond motifs is 1. The van der Waals surface area contributed by atoms with E-state index in [4.69, 9.17) is 0 Å². The highest BCUT2D eigenvalue weighted by Gasteiger charge is 2.31. The first-order chi connectivity index (χ1) is 7.87. The molecule has 1 N–H and O–H groups in total. The number of nitrogens with zero attached hydrogens (tertiary/aromatic N) is 1. The number of rotatable bonds is 2. The molecule has 17 heavy (non-hydrogen) atoms. The first kappa shape index (κ1) is 11.6. The standard InChI is InChI=1S/C9H5F5N2O/c10-8(11)7-5-3-4(17-9(12,13)14)1-2-6(5)15-16-7/h1-3,8H,(H,15,16). The fraction of sp³-hybridized carbons (Fsp3) is 0.222. The van der Waals surface area contributed by atoms with Gasteiger partial charge in [-0.1, -0.05) is 0 Å². The van der Waals surface area contributed by atoms with Crippen molar-refractivity contribution in [3.8, 4) is 5.75 Å². The summed E-state index contributed by atoms with van der Waals surface area (Å²) in [6.45, 7) is 0. The Kier molecular flexibility index (Phi) is 2.64. The van der Waals surface area contributed by atoms with E-state index in [1.54, 1.807) is 0 Å². The van der Waals surface area contributed by atoms with Crippen LogP contribution in [0.4, 0.5) is 22.0 Å². The largest absolute Gasteiger partial charge is 0.573 e. The lowest BCUT2D eigenvalue weighted by Gasteiger charge is -2.08. The highest BCUT2D eigenvalue weighted by Crippen LogP contribution is 2.30. The van der Waals surface area contributed by atoms with Crippen molar-refractivity contribution in [3.63, 3.8) is 0 Å². The lowest BCUT2D eigenvalue weighted by molar-refractivity contribution is -0.274. The van der Waals surface area contributed by atoms with Gasteiger partial charge in [0.25, 0.3) is 6.43 Å².